The Kier molecular flexibility index (Phi) is 4.75. The van der Waals surface area contributed by atoms with Crippen LogP contribution >= 0.6 is 0 Å². The van der Waals surface area contributed by atoms with Gasteiger partial charge in [0.15, 0.2) is 5.82 Å². The van der Waals surface area contributed by atoms with Gasteiger partial charge in [0, 0.05) is 19.0 Å². The van der Waals surface area contributed by atoms with Crippen molar-refractivity contribution < 1.29 is 9.21 Å². The first-order valence-electron chi connectivity index (χ1n) is 6.62. The number of urea groups is 1. The van der Waals surface area contributed by atoms with E-state index in [4.69, 9.17) is 4.42 Å². The van der Waals surface area contributed by atoms with Gasteiger partial charge in [-0.1, -0.05) is 0 Å². The summed E-state index contributed by atoms with van der Waals surface area (Å²) in [6, 6.07) is 3.49. The molecule has 20 heavy (non-hydrogen) atoms. The summed E-state index contributed by atoms with van der Waals surface area (Å²) in [4.78, 5) is 11.8. The molecule has 0 bridgehead atoms. The van der Waals surface area contributed by atoms with Crippen LogP contribution in [0.25, 0.3) is 0 Å². The maximum atomic E-state index is 11.8. The second-order valence-electron chi connectivity index (χ2n) is 4.54. The Morgan fingerprint density at radius 3 is 3.10 bits per heavy atom. The first kappa shape index (κ1) is 14.1. The largest absolute Gasteiger partial charge is 0.469 e. The van der Waals surface area contributed by atoms with E-state index in [1.54, 1.807) is 12.6 Å². The molecule has 2 heterocycles. The number of carbonyl (C=O) groups excluding carboxylic acids is 1. The van der Waals surface area contributed by atoms with Crippen LogP contribution in [0.5, 0.6) is 0 Å². The molecule has 2 aromatic heterocycles. The minimum Gasteiger partial charge on any atom is -0.469 e. The molecule has 2 rings (SSSR count). The summed E-state index contributed by atoms with van der Waals surface area (Å²) in [5.74, 6) is 1.59. The van der Waals surface area contributed by atoms with E-state index in [-0.39, 0.29) is 12.1 Å². The maximum absolute atomic E-state index is 11.8. The predicted molar refractivity (Wildman–Crippen MR) is 72.9 cm³/mol. The lowest BCUT2D eigenvalue weighted by Crippen LogP contribution is -2.41. The van der Waals surface area contributed by atoms with Crippen LogP contribution in [0.3, 0.4) is 0 Å². The molecule has 0 spiro atoms. The highest BCUT2D eigenvalue weighted by atomic mass is 16.3. The third-order valence-corrected chi connectivity index (χ3v) is 2.91. The Labute approximate surface area is 117 Å². The molecule has 0 saturated carbocycles. The van der Waals surface area contributed by atoms with Crippen molar-refractivity contribution in [2.75, 3.05) is 0 Å². The lowest BCUT2D eigenvalue weighted by atomic mass is 10.2. The molecule has 1 atom stereocenters. The van der Waals surface area contributed by atoms with Gasteiger partial charge in [-0.05, 0) is 26.0 Å². The van der Waals surface area contributed by atoms with E-state index < -0.39 is 0 Å². The number of amides is 2. The molecular weight excluding hydrogens is 258 g/mol. The number of rotatable bonds is 6. The lowest BCUT2D eigenvalue weighted by molar-refractivity contribution is 0.236. The molecule has 0 aromatic carbocycles. The van der Waals surface area contributed by atoms with Gasteiger partial charge in [0.2, 0.25) is 0 Å². The van der Waals surface area contributed by atoms with Crippen LogP contribution in [0.1, 0.15) is 25.4 Å². The van der Waals surface area contributed by atoms with Crippen molar-refractivity contribution in [3.05, 3.63) is 36.3 Å². The molecule has 7 nitrogen and oxygen atoms in total. The van der Waals surface area contributed by atoms with Crippen LogP contribution in [0.15, 0.2) is 29.1 Å². The number of carbonyl (C=O) groups is 1. The lowest BCUT2D eigenvalue weighted by Gasteiger charge is -2.13. The SMILES string of the molecule is CCn1cnnc1CNC(=O)N[C@H](C)Cc1ccco1. The highest BCUT2D eigenvalue weighted by molar-refractivity contribution is 5.74. The number of aromatic nitrogens is 3. The number of aryl methyl sites for hydroxylation is 1. The zero-order chi connectivity index (χ0) is 14.4. The van der Waals surface area contributed by atoms with E-state index in [2.05, 4.69) is 20.8 Å². The monoisotopic (exact) mass is 277 g/mol. The molecule has 2 N–H and O–H groups in total. The Morgan fingerprint density at radius 1 is 1.55 bits per heavy atom. The number of furan rings is 1. The van der Waals surface area contributed by atoms with E-state index >= 15 is 0 Å². The second-order valence-corrected chi connectivity index (χ2v) is 4.54. The summed E-state index contributed by atoms with van der Waals surface area (Å²) in [5.41, 5.74) is 0. The third-order valence-electron chi connectivity index (χ3n) is 2.91. The smallest absolute Gasteiger partial charge is 0.315 e. The van der Waals surface area contributed by atoms with Crippen molar-refractivity contribution in [1.29, 1.82) is 0 Å². The summed E-state index contributed by atoms with van der Waals surface area (Å²) < 4.78 is 7.12. The molecule has 2 aromatic rings. The zero-order valence-corrected chi connectivity index (χ0v) is 11.7. The molecule has 0 unspecified atom stereocenters. The van der Waals surface area contributed by atoms with Crippen LogP contribution in [0.4, 0.5) is 4.79 Å². The molecule has 2 amide bonds. The van der Waals surface area contributed by atoms with Crippen molar-refractivity contribution in [1.82, 2.24) is 25.4 Å². The van der Waals surface area contributed by atoms with Crippen LogP contribution in [-0.4, -0.2) is 26.8 Å². The summed E-state index contributed by atoms with van der Waals surface area (Å²) in [7, 11) is 0. The van der Waals surface area contributed by atoms with Crippen LogP contribution in [0.2, 0.25) is 0 Å². The van der Waals surface area contributed by atoms with E-state index in [0.717, 1.165) is 18.1 Å². The number of nitrogens with one attached hydrogen (secondary N) is 2. The minimum absolute atomic E-state index is 0.00908. The highest BCUT2D eigenvalue weighted by Gasteiger charge is 2.10. The molecule has 0 aliphatic carbocycles. The third kappa shape index (κ3) is 3.84. The van der Waals surface area contributed by atoms with Crippen LogP contribution in [-0.2, 0) is 19.5 Å². The van der Waals surface area contributed by atoms with Gasteiger partial charge in [-0.2, -0.15) is 0 Å². The standard InChI is InChI=1S/C13H19N5O2/c1-3-18-9-15-17-12(18)8-14-13(19)16-10(2)7-11-5-4-6-20-11/h4-6,9-10H,3,7-8H2,1-2H3,(H2,14,16,19)/t10-/m1/s1. The average molecular weight is 277 g/mol. The van der Waals surface area contributed by atoms with E-state index in [0.29, 0.717) is 13.0 Å². The molecule has 0 saturated heterocycles. The zero-order valence-electron chi connectivity index (χ0n) is 11.7. The van der Waals surface area contributed by atoms with Gasteiger partial charge in [0.05, 0.1) is 12.8 Å². The average Bonchev–Trinajstić information content (AvgIpc) is 3.06. The van der Waals surface area contributed by atoms with Gasteiger partial charge in [-0.3, -0.25) is 0 Å². The molecule has 0 radical (unpaired) electrons. The fourth-order valence-electron chi connectivity index (χ4n) is 1.90. The van der Waals surface area contributed by atoms with Gasteiger partial charge in [-0.15, -0.1) is 10.2 Å². The topological polar surface area (TPSA) is 85.0 Å². The summed E-state index contributed by atoms with van der Waals surface area (Å²) in [6.45, 7) is 5.06. The van der Waals surface area contributed by atoms with Crippen LogP contribution in [0, 0.1) is 0 Å². The summed E-state index contributed by atoms with van der Waals surface area (Å²) in [6.07, 6.45) is 3.93. The Balaban J connectivity index is 1.75. The van der Waals surface area contributed by atoms with Crippen molar-refractivity contribution in [2.24, 2.45) is 0 Å². The van der Waals surface area contributed by atoms with E-state index in [1.807, 2.05) is 30.5 Å². The molecule has 108 valence electrons. The molecular formula is C13H19N5O2. The van der Waals surface area contributed by atoms with Crippen molar-refractivity contribution in [3.63, 3.8) is 0 Å². The Bertz CT molecular complexity index is 535. The summed E-state index contributed by atoms with van der Waals surface area (Å²) in [5, 5.41) is 13.4. The molecule has 0 aliphatic rings. The number of nitrogens with zero attached hydrogens (tertiary/aromatic N) is 3. The van der Waals surface area contributed by atoms with Crippen molar-refractivity contribution in [2.45, 2.75) is 39.4 Å². The quantitative estimate of drug-likeness (QED) is 0.834. The van der Waals surface area contributed by atoms with E-state index in [9.17, 15) is 4.79 Å². The normalized spacial score (nSPS) is 12.1. The highest BCUT2D eigenvalue weighted by Crippen LogP contribution is 2.03. The van der Waals surface area contributed by atoms with Crippen molar-refractivity contribution >= 4 is 6.03 Å². The fourth-order valence-corrected chi connectivity index (χ4v) is 1.90. The van der Waals surface area contributed by atoms with Gasteiger partial charge < -0.3 is 19.6 Å². The van der Waals surface area contributed by atoms with Gasteiger partial charge in [-0.25, -0.2) is 4.79 Å². The van der Waals surface area contributed by atoms with Crippen LogP contribution < -0.4 is 10.6 Å². The fraction of sp³-hybridized carbons (Fsp3) is 0.462. The maximum Gasteiger partial charge on any atom is 0.315 e. The van der Waals surface area contributed by atoms with E-state index in [1.165, 1.54) is 0 Å². The van der Waals surface area contributed by atoms with Gasteiger partial charge in [0.25, 0.3) is 0 Å². The Hall–Kier alpha value is -2.31. The first-order chi connectivity index (χ1) is 9.69. The second kappa shape index (κ2) is 6.74. The number of hydrogen-bond acceptors (Lipinski definition) is 4. The minimum atomic E-state index is -0.227. The molecule has 0 aliphatic heterocycles. The molecule has 0 fully saturated rings. The van der Waals surface area contributed by atoms with Gasteiger partial charge in [0.1, 0.15) is 12.1 Å². The van der Waals surface area contributed by atoms with Crippen molar-refractivity contribution in [3.8, 4) is 0 Å². The first-order valence-corrected chi connectivity index (χ1v) is 6.62. The summed E-state index contributed by atoms with van der Waals surface area (Å²) >= 11 is 0. The van der Waals surface area contributed by atoms with Gasteiger partial charge >= 0.3 is 6.03 Å². The molecule has 7 heteroatoms. The predicted octanol–water partition coefficient (Wildman–Crippen LogP) is 1.32. The Morgan fingerprint density at radius 2 is 2.40 bits per heavy atom. The number of hydrogen-bond donors (Lipinski definition) is 2.